The minimum atomic E-state index is 0.367. The van der Waals surface area contributed by atoms with Crippen LogP contribution in [0, 0.1) is 0 Å². The summed E-state index contributed by atoms with van der Waals surface area (Å²) in [5.41, 5.74) is 0. The molecule has 0 aliphatic heterocycles. The molecule has 2 unspecified atom stereocenters. The predicted molar refractivity (Wildman–Crippen MR) is 63.9 cm³/mol. The lowest BCUT2D eigenvalue weighted by molar-refractivity contribution is 0.360. The van der Waals surface area contributed by atoms with E-state index in [2.05, 4.69) is 26.1 Å². The molecular weight excluding hydrogens is 186 g/mol. The molecule has 0 radical (unpaired) electrons. The van der Waals surface area contributed by atoms with Crippen molar-refractivity contribution in [2.45, 2.75) is 58.5 Å². The van der Waals surface area contributed by atoms with Gasteiger partial charge in [0.25, 0.3) is 0 Å². The monoisotopic (exact) mass is 209 g/mol. The summed E-state index contributed by atoms with van der Waals surface area (Å²) in [6.45, 7) is 6.67. The van der Waals surface area contributed by atoms with Gasteiger partial charge in [0.15, 0.2) is 0 Å². The largest absolute Gasteiger partial charge is 0.468 e. The minimum absolute atomic E-state index is 0.367. The van der Waals surface area contributed by atoms with Gasteiger partial charge < -0.3 is 9.73 Å². The molecule has 0 aliphatic carbocycles. The number of nitrogens with one attached hydrogen (secondary N) is 1. The van der Waals surface area contributed by atoms with Crippen molar-refractivity contribution in [1.82, 2.24) is 5.32 Å². The molecule has 2 nitrogen and oxygen atoms in total. The first kappa shape index (κ1) is 12.3. The first-order chi connectivity index (χ1) is 7.27. The van der Waals surface area contributed by atoms with E-state index in [0.29, 0.717) is 12.1 Å². The molecule has 0 saturated heterocycles. The average Bonchev–Trinajstić information content (AvgIpc) is 2.76. The highest BCUT2D eigenvalue weighted by Gasteiger charge is 2.14. The molecule has 0 saturated carbocycles. The van der Waals surface area contributed by atoms with Gasteiger partial charge in [-0.1, -0.05) is 26.7 Å². The number of hydrogen-bond donors (Lipinski definition) is 1. The summed E-state index contributed by atoms with van der Waals surface area (Å²) in [4.78, 5) is 0. The van der Waals surface area contributed by atoms with Crippen molar-refractivity contribution in [2.75, 3.05) is 0 Å². The highest BCUT2D eigenvalue weighted by Crippen LogP contribution is 2.18. The van der Waals surface area contributed by atoms with Crippen LogP contribution in [0.1, 0.15) is 58.3 Å². The normalized spacial score (nSPS) is 15.1. The maximum absolute atomic E-state index is 5.43. The molecule has 1 aromatic rings. The van der Waals surface area contributed by atoms with Gasteiger partial charge in [0.2, 0.25) is 0 Å². The maximum atomic E-state index is 5.43. The van der Waals surface area contributed by atoms with E-state index in [9.17, 15) is 0 Å². The quantitative estimate of drug-likeness (QED) is 0.736. The Balaban J connectivity index is 2.40. The van der Waals surface area contributed by atoms with Gasteiger partial charge in [-0.2, -0.15) is 0 Å². The van der Waals surface area contributed by atoms with Crippen LogP contribution in [-0.4, -0.2) is 6.04 Å². The summed E-state index contributed by atoms with van der Waals surface area (Å²) in [7, 11) is 0. The molecule has 0 fully saturated rings. The molecule has 86 valence electrons. The first-order valence-electron chi connectivity index (χ1n) is 6.07. The third-order valence-corrected chi connectivity index (χ3v) is 2.77. The second-order valence-electron chi connectivity index (χ2n) is 4.19. The molecule has 1 rings (SSSR count). The van der Waals surface area contributed by atoms with Crippen LogP contribution in [0.4, 0.5) is 0 Å². The van der Waals surface area contributed by atoms with E-state index in [0.717, 1.165) is 12.2 Å². The van der Waals surface area contributed by atoms with Crippen molar-refractivity contribution in [3.63, 3.8) is 0 Å². The van der Waals surface area contributed by atoms with Gasteiger partial charge in [-0.25, -0.2) is 0 Å². The second kappa shape index (κ2) is 6.67. The fraction of sp³-hybridized carbons (Fsp3) is 0.692. The van der Waals surface area contributed by atoms with Crippen LogP contribution in [0.3, 0.4) is 0 Å². The minimum Gasteiger partial charge on any atom is -0.468 e. The molecule has 1 heterocycles. The highest BCUT2D eigenvalue weighted by atomic mass is 16.3. The summed E-state index contributed by atoms with van der Waals surface area (Å²) < 4.78 is 5.43. The molecule has 0 bridgehead atoms. The number of unbranched alkanes of at least 4 members (excludes halogenated alkanes) is 1. The van der Waals surface area contributed by atoms with Crippen LogP contribution in [0.5, 0.6) is 0 Å². The molecular formula is C13H23NO. The van der Waals surface area contributed by atoms with E-state index >= 15 is 0 Å². The number of hydrogen-bond acceptors (Lipinski definition) is 2. The van der Waals surface area contributed by atoms with E-state index < -0.39 is 0 Å². The highest BCUT2D eigenvalue weighted by molar-refractivity contribution is 5.04. The Hall–Kier alpha value is -0.760. The molecule has 15 heavy (non-hydrogen) atoms. The van der Waals surface area contributed by atoms with Crippen molar-refractivity contribution < 1.29 is 4.42 Å². The van der Waals surface area contributed by atoms with Gasteiger partial charge in [-0.05, 0) is 31.9 Å². The fourth-order valence-electron chi connectivity index (χ4n) is 1.83. The van der Waals surface area contributed by atoms with Gasteiger partial charge >= 0.3 is 0 Å². The van der Waals surface area contributed by atoms with E-state index in [4.69, 9.17) is 4.42 Å². The summed E-state index contributed by atoms with van der Waals surface area (Å²) in [6, 6.07) is 4.94. The Labute approximate surface area is 93.1 Å². The van der Waals surface area contributed by atoms with Crippen molar-refractivity contribution in [3.05, 3.63) is 24.2 Å². The van der Waals surface area contributed by atoms with E-state index in [1.165, 1.54) is 19.3 Å². The SMILES string of the molecule is CCCCC(C)NC(CC)c1ccco1. The number of rotatable bonds is 7. The van der Waals surface area contributed by atoms with Gasteiger partial charge in [-0.3, -0.25) is 0 Å². The van der Waals surface area contributed by atoms with Crippen molar-refractivity contribution >= 4 is 0 Å². The Bertz CT molecular complexity index is 243. The van der Waals surface area contributed by atoms with Crippen LogP contribution in [-0.2, 0) is 0 Å². The molecule has 2 atom stereocenters. The van der Waals surface area contributed by atoms with Crippen LogP contribution in [0.2, 0.25) is 0 Å². The van der Waals surface area contributed by atoms with Gasteiger partial charge in [0.1, 0.15) is 5.76 Å². The van der Waals surface area contributed by atoms with E-state index in [1.807, 2.05) is 12.1 Å². The van der Waals surface area contributed by atoms with E-state index in [-0.39, 0.29) is 0 Å². The average molecular weight is 209 g/mol. The third kappa shape index (κ3) is 4.08. The van der Waals surface area contributed by atoms with Crippen molar-refractivity contribution in [3.8, 4) is 0 Å². The Morgan fingerprint density at radius 1 is 1.40 bits per heavy atom. The summed E-state index contributed by atoms with van der Waals surface area (Å²) in [5.74, 6) is 1.06. The first-order valence-corrected chi connectivity index (χ1v) is 6.07. The third-order valence-electron chi connectivity index (χ3n) is 2.77. The zero-order valence-corrected chi connectivity index (χ0v) is 10.1. The van der Waals surface area contributed by atoms with Gasteiger partial charge in [-0.15, -0.1) is 0 Å². The molecule has 2 heteroatoms. The fourth-order valence-corrected chi connectivity index (χ4v) is 1.83. The second-order valence-corrected chi connectivity index (χ2v) is 4.19. The lowest BCUT2D eigenvalue weighted by Crippen LogP contribution is -2.29. The predicted octanol–water partition coefficient (Wildman–Crippen LogP) is 3.90. The summed E-state index contributed by atoms with van der Waals surface area (Å²) in [5, 5.41) is 3.61. The van der Waals surface area contributed by atoms with Crippen LogP contribution >= 0.6 is 0 Å². The Morgan fingerprint density at radius 3 is 2.73 bits per heavy atom. The van der Waals surface area contributed by atoms with E-state index in [1.54, 1.807) is 6.26 Å². The van der Waals surface area contributed by atoms with Gasteiger partial charge in [0.05, 0.1) is 12.3 Å². The molecule has 0 aromatic carbocycles. The summed E-state index contributed by atoms with van der Waals surface area (Å²) in [6.07, 6.45) is 6.63. The summed E-state index contributed by atoms with van der Waals surface area (Å²) >= 11 is 0. The lowest BCUT2D eigenvalue weighted by Gasteiger charge is -2.20. The number of furan rings is 1. The smallest absolute Gasteiger partial charge is 0.120 e. The van der Waals surface area contributed by atoms with Crippen molar-refractivity contribution in [1.29, 1.82) is 0 Å². The molecule has 1 N–H and O–H groups in total. The van der Waals surface area contributed by atoms with Crippen LogP contribution in [0.25, 0.3) is 0 Å². The zero-order chi connectivity index (χ0) is 11.1. The standard InChI is InChI=1S/C13H23NO/c1-4-6-8-11(3)14-12(5-2)13-9-7-10-15-13/h7,9-12,14H,4-6,8H2,1-3H3. The van der Waals surface area contributed by atoms with Crippen molar-refractivity contribution in [2.24, 2.45) is 0 Å². The topological polar surface area (TPSA) is 25.2 Å². The molecule has 0 amide bonds. The van der Waals surface area contributed by atoms with Crippen LogP contribution in [0.15, 0.2) is 22.8 Å². The Kier molecular flexibility index (Phi) is 5.48. The zero-order valence-electron chi connectivity index (χ0n) is 10.1. The maximum Gasteiger partial charge on any atom is 0.120 e. The van der Waals surface area contributed by atoms with Crippen LogP contribution < -0.4 is 5.32 Å². The molecule has 0 aliphatic rings. The molecule has 1 aromatic heterocycles. The molecule has 0 spiro atoms. The lowest BCUT2D eigenvalue weighted by atomic mass is 10.1. The van der Waals surface area contributed by atoms with Gasteiger partial charge in [0, 0.05) is 6.04 Å². The Morgan fingerprint density at radius 2 is 2.20 bits per heavy atom.